The molecule has 8 heteroatoms. The van der Waals surface area contributed by atoms with Crippen LogP contribution in [-0.2, 0) is 19.1 Å². The Labute approximate surface area is 174 Å². The van der Waals surface area contributed by atoms with Crippen LogP contribution in [0.1, 0.15) is 36.2 Å². The zero-order valence-corrected chi connectivity index (χ0v) is 17.1. The molecule has 0 saturated heterocycles. The number of hydrogen-bond donors (Lipinski definition) is 2. The number of carbonyl (C=O) groups is 4. The summed E-state index contributed by atoms with van der Waals surface area (Å²) in [5, 5.41) is 5.12. The number of hydrogen-bond acceptors (Lipinski definition) is 6. The number of aryl methyl sites for hydroxylation is 1. The molecule has 0 aliphatic heterocycles. The summed E-state index contributed by atoms with van der Waals surface area (Å²) in [6, 6.07) is 11.9. The molecule has 30 heavy (non-hydrogen) atoms. The molecule has 2 amide bonds. The summed E-state index contributed by atoms with van der Waals surface area (Å²) in [6.07, 6.45) is -0.0127. The molecule has 0 spiro atoms. The van der Waals surface area contributed by atoms with Gasteiger partial charge in [-0.25, -0.2) is 0 Å². The Balaban J connectivity index is 1.91. The van der Waals surface area contributed by atoms with Crippen LogP contribution in [-0.4, -0.2) is 36.8 Å². The van der Waals surface area contributed by atoms with Crippen LogP contribution >= 0.6 is 0 Å². The lowest BCUT2D eigenvalue weighted by Crippen LogP contribution is -2.18. The predicted octanol–water partition coefficient (Wildman–Crippen LogP) is 3.11. The maximum Gasteiger partial charge on any atom is 0.309 e. The molecule has 8 nitrogen and oxygen atoms in total. The van der Waals surface area contributed by atoms with Crippen molar-refractivity contribution < 1.29 is 28.7 Å². The van der Waals surface area contributed by atoms with E-state index in [4.69, 9.17) is 9.47 Å². The van der Waals surface area contributed by atoms with Gasteiger partial charge in [0.1, 0.15) is 5.75 Å². The summed E-state index contributed by atoms with van der Waals surface area (Å²) in [4.78, 5) is 47.0. The largest absolute Gasteiger partial charge is 0.493 e. The maximum absolute atomic E-state index is 12.5. The van der Waals surface area contributed by atoms with Crippen LogP contribution in [0.5, 0.6) is 5.75 Å². The topological polar surface area (TPSA) is 111 Å². The lowest BCUT2D eigenvalue weighted by Gasteiger charge is -2.12. The van der Waals surface area contributed by atoms with Gasteiger partial charge in [-0.05, 0) is 42.8 Å². The molecule has 2 aromatic rings. The van der Waals surface area contributed by atoms with Gasteiger partial charge in [-0.15, -0.1) is 0 Å². The molecule has 0 bridgehead atoms. The monoisotopic (exact) mass is 412 g/mol. The van der Waals surface area contributed by atoms with Gasteiger partial charge in [0.25, 0.3) is 0 Å². The third kappa shape index (κ3) is 7.38. The first-order valence-electron chi connectivity index (χ1n) is 9.32. The Morgan fingerprint density at radius 3 is 2.33 bits per heavy atom. The van der Waals surface area contributed by atoms with Crippen molar-refractivity contribution in [1.82, 2.24) is 0 Å². The Hall–Kier alpha value is -3.68. The smallest absolute Gasteiger partial charge is 0.309 e. The number of ether oxygens (including phenoxy) is 2. The highest BCUT2D eigenvalue weighted by molar-refractivity contribution is 6.06. The van der Waals surface area contributed by atoms with Gasteiger partial charge in [0.05, 0.1) is 18.7 Å². The highest BCUT2D eigenvalue weighted by atomic mass is 16.5. The van der Waals surface area contributed by atoms with Gasteiger partial charge in [-0.3, -0.25) is 19.2 Å². The van der Waals surface area contributed by atoms with Crippen molar-refractivity contribution in [3.05, 3.63) is 53.6 Å². The fourth-order valence-corrected chi connectivity index (χ4v) is 2.61. The zero-order chi connectivity index (χ0) is 22.1. The van der Waals surface area contributed by atoms with Crippen LogP contribution in [0, 0.1) is 6.92 Å². The van der Waals surface area contributed by atoms with Crippen LogP contribution in [0.4, 0.5) is 11.4 Å². The molecule has 158 valence electrons. The molecular formula is C22H24N2O6. The molecule has 0 aliphatic rings. The van der Waals surface area contributed by atoms with Gasteiger partial charge in [0, 0.05) is 25.1 Å². The standard InChI is InChI=1S/C22H24N2O6/c1-14-5-4-6-18(11-14)29-10-9-22(28)30-13-21(27)19-8-7-17(23-15(2)25)12-20(19)24-16(3)26/h4-8,11-12H,9-10,13H2,1-3H3,(H,23,25)(H,24,26). The van der Waals surface area contributed by atoms with Crippen molar-refractivity contribution in [3.63, 3.8) is 0 Å². The second-order valence-corrected chi connectivity index (χ2v) is 6.62. The van der Waals surface area contributed by atoms with E-state index < -0.39 is 18.4 Å². The van der Waals surface area contributed by atoms with Crippen molar-refractivity contribution in [2.24, 2.45) is 0 Å². The first kappa shape index (κ1) is 22.6. The molecule has 0 aliphatic carbocycles. The minimum absolute atomic E-state index is 0.0127. The van der Waals surface area contributed by atoms with Crippen molar-refractivity contribution in [2.45, 2.75) is 27.2 Å². The zero-order valence-electron chi connectivity index (χ0n) is 17.1. The molecule has 0 aromatic heterocycles. The van der Waals surface area contributed by atoms with Crippen LogP contribution in [0.15, 0.2) is 42.5 Å². The SMILES string of the molecule is CC(=O)Nc1ccc(C(=O)COC(=O)CCOc2cccc(C)c2)c(NC(C)=O)c1. The van der Waals surface area contributed by atoms with Crippen LogP contribution in [0.25, 0.3) is 0 Å². The van der Waals surface area contributed by atoms with E-state index in [0.29, 0.717) is 11.4 Å². The Morgan fingerprint density at radius 1 is 0.933 bits per heavy atom. The molecule has 0 heterocycles. The molecule has 0 atom stereocenters. The highest BCUT2D eigenvalue weighted by Crippen LogP contribution is 2.22. The number of amides is 2. The molecule has 0 radical (unpaired) electrons. The lowest BCUT2D eigenvalue weighted by molar-refractivity contribution is -0.143. The molecule has 0 fully saturated rings. The van der Waals surface area contributed by atoms with Gasteiger partial charge in [-0.2, -0.15) is 0 Å². The second-order valence-electron chi connectivity index (χ2n) is 6.62. The fourth-order valence-electron chi connectivity index (χ4n) is 2.61. The van der Waals surface area contributed by atoms with Crippen LogP contribution < -0.4 is 15.4 Å². The van der Waals surface area contributed by atoms with Crippen LogP contribution in [0.3, 0.4) is 0 Å². The first-order chi connectivity index (χ1) is 14.2. The van der Waals surface area contributed by atoms with Crippen LogP contribution in [0.2, 0.25) is 0 Å². The molecule has 0 saturated carbocycles. The molecular weight excluding hydrogens is 388 g/mol. The predicted molar refractivity (Wildman–Crippen MR) is 112 cm³/mol. The van der Waals surface area contributed by atoms with Crippen molar-refractivity contribution in [3.8, 4) is 5.75 Å². The van der Waals surface area contributed by atoms with E-state index in [1.807, 2.05) is 25.1 Å². The molecule has 2 aromatic carbocycles. The summed E-state index contributed by atoms with van der Waals surface area (Å²) >= 11 is 0. The Morgan fingerprint density at radius 2 is 1.67 bits per heavy atom. The van der Waals surface area contributed by atoms with Gasteiger partial charge in [-0.1, -0.05) is 12.1 Å². The minimum Gasteiger partial charge on any atom is -0.493 e. The summed E-state index contributed by atoms with van der Waals surface area (Å²) in [7, 11) is 0. The second kappa shape index (κ2) is 10.8. The molecule has 0 unspecified atom stereocenters. The fraction of sp³-hybridized carbons (Fsp3) is 0.273. The van der Waals surface area contributed by atoms with E-state index in [-0.39, 0.29) is 36.1 Å². The normalized spacial score (nSPS) is 10.1. The number of Topliss-reactive ketones (excluding diaryl/α,β-unsaturated/α-hetero) is 1. The van der Waals surface area contributed by atoms with Gasteiger partial charge in [0.2, 0.25) is 17.6 Å². The highest BCUT2D eigenvalue weighted by Gasteiger charge is 2.16. The Bertz CT molecular complexity index is 954. The lowest BCUT2D eigenvalue weighted by atomic mass is 10.1. The van der Waals surface area contributed by atoms with Gasteiger partial charge >= 0.3 is 5.97 Å². The third-order valence-corrected chi connectivity index (χ3v) is 3.88. The minimum atomic E-state index is -0.577. The quantitative estimate of drug-likeness (QED) is 0.484. The van der Waals surface area contributed by atoms with E-state index in [1.165, 1.54) is 32.0 Å². The van der Waals surface area contributed by atoms with E-state index in [2.05, 4.69) is 10.6 Å². The average molecular weight is 412 g/mol. The number of carbonyl (C=O) groups excluding carboxylic acids is 4. The summed E-state index contributed by atoms with van der Waals surface area (Å²) in [5.74, 6) is -1.08. The van der Waals surface area contributed by atoms with Crippen molar-refractivity contribution in [2.75, 3.05) is 23.8 Å². The number of nitrogens with one attached hydrogen (secondary N) is 2. The van der Waals surface area contributed by atoms with Crippen molar-refractivity contribution in [1.29, 1.82) is 0 Å². The number of anilines is 2. The first-order valence-corrected chi connectivity index (χ1v) is 9.32. The summed E-state index contributed by atoms with van der Waals surface area (Å²) in [5.41, 5.74) is 1.86. The Kier molecular flexibility index (Phi) is 8.10. The van der Waals surface area contributed by atoms with E-state index in [1.54, 1.807) is 6.07 Å². The number of esters is 1. The third-order valence-electron chi connectivity index (χ3n) is 3.88. The average Bonchev–Trinajstić information content (AvgIpc) is 2.65. The van der Waals surface area contributed by atoms with E-state index >= 15 is 0 Å². The number of ketones is 1. The number of rotatable bonds is 9. The number of benzene rings is 2. The summed E-state index contributed by atoms with van der Waals surface area (Å²) in [6.45, 7) is 4.23. The summed E-state index contributed by atoms with van der Waals surface area (Å²) < 4.78 is 10.5. The molecule has 2 N–H and O–H groups in total. The van der Waals surface area contributed by atoms with E-state index in [0.717, 1.165) is 5.56 Å². The maximum atomic E-state index is 12.5. The van der Waals surface area contributed by atoms with E-state index in [9.17, 15) is 19.2 Å². The molecule has 2 rings (SSSR count). The van der Waals surface area contributed by atoms with Gasteiger partial charge < -0.3 is 20.1 Å². The van der Waals surface area contributed by atoms with Crippen molar-refractivity contribution >= 4 is 34.9 Å². The van der Waals surface area contributed by atoms with Gasteiger partial charge in [0.15, 0.2) is 6.61 Å².